The minimum Gasteiger partial charge on any atom is -0.493 e. The molecule has 1 aromatic heterocycles. The highest BCUT2D eigenvalue weighted by molar-refractivity contribution is 5.95. The smallest absolute Gasteiger partial charge is 0.278 e. The van der Waals surface area contributed by atoms with E-state index in [0.717, 1.165) is 0 Å². The normalized spacial score (nSPS) is 19.1. The highest BCUT2D eigenvalue weighted by atomic mass is 19.1. The maximum Gasteiger partial charge on any atom is 0.278 e. The number of methoxy groups -OCH3 is 1. The van der Waals surface area contributed by atoms with Gasteiger partial charge in [0.1, 0.15) is 5.82 Å². The molecule has 0 atom stereocenters. The van der Waals surface area contributed by atoms with E-state index in [4.69, 9.17) is 14.2 Å². The van der Waals surface area contributed by atoms with Crippen molar-refractivity contribution < 1.29 is 23.4 Å². The minimum absolute atomic E-state index is 0.199. The molecule has 2 saturated heterocycles. The first-order chi connectivity index (χ1) is 12.6. The molecular weight excluding hydrogens is 341 g/mol. The summed E-state index contributed by atoms with van der Waals surface area (Å²) in [6.45, 7) is 2.27. The first-order valence-electron chi connectivity index (χ1n) is 8.57. The third-order valence-electron chi connectivity index (χ3n) is 4.82. The van der Waals surface area contributed by atoms with Gasteiger partial charge in [0.05, 0.1) is 32.2 Å². The number of piperidine rings is 1. The topological polar surface area (TPSA) is 65.8 Å². The van der Waals surface area contributed by atoms with Crippen molar-refractivity contribution in [2.45, 2.75) is 18.6 Å². The third-order valence-corrected chi connectivity index (χ3v) is 4.82. The van der Waals surface area contributed by atoms with Crippen LogP contribution < -0.4 is 4.74 Å². The van der Waals surface area contributed by atoms with Gasteiger partial charge in [0, 0.05) is 25.9 Å². The molecule has 3 heterocycles. The largest absolute Gasteiger partial charge is 0.493 e. The van der Waals surface area contributed by atoms with E-state index in [1.165, 1.54) is 23.9 Å². The van der Waals surface area contributed by atoms with E-state index in [1.807, 2.05) is 0 Å². The fourth-order valence-electron chi connectivity index (χ4n) is 3.37. The van der Waals surface area contributed by atoms with E-state index in [-0.39, 0.29) is 17.4 Å². The van der Waals surface area contributed by atoms with Crippen molar-refractivity contribution >= 4 is 5.91 Å². The van der Waals surface area contributed by atoms with Crippen LogP contribution >= 0.6 is 0 Å². The van der Waals surface area contributed by atoms with Gasteiger partial charge in [-0.2, -0.15) is 5.10 Å². The van der Waals surface area contributed by atoms with E-state index < -0.39 is 5.79 Å². The number of benzene rings is 1. The molecule has 2 aliphatic heterocycles. The molecule has 0 bridgehead atoms. The van der Waals surface area contributed by atoms with Crippen molar-refractivity contribution in [1.82, 2.24) is 14.7 Å². The van der Waals surface area contributed by atoms with Crippen LogP contribution in [0.4, 0.5) is 4.39 Å². The molecule has 138 valence electrons. The molecule has 0 radical (unpaired) electrons. The fourth-order valence-corrected chi connectivity index (χ4v) is 3.37. The maximum absolute atomic E-state index is 13.1. The second-order valence-corrected chi connectivity index (χ2v) is 6.37. The van der Waals surface area contributed by atoms with E-state index in [2.05, 4.69) is 5.10 Å². The van der Waals surface area contributed by atoms with Gasteiger partial charge < -0.3 is 19.1 Å². The van der Waals surface area contributed by atoms with Crippen LogP contribution in [-0.4, -0.2) is 59.8 Å². The Balaban J connectivity index is 1.53. The standard InChI is InChI=1S/C18H20FN3O4/c1-24-15-12-22(14-4-2-13(19)3-5-14)20-16(15)17(23)21-8-6-18(7-9-21)25-10-11-26-18/h2-5,12H,6-11H2,1H3. The molecule has 0 unspecified atom stereocenters. The lowest BCUT2D eigenvalue weighted by molar-refractivity contribution is -0.181. The number of carbonyl (C=O) groups excluding carboxylic acids is 1. The molecule has 0 aliphatic carbocycles. The first-order valence-corrected chi connectivity index (χ1v) is 8.57. The molecule has 2 aliphatic rings. The molecule has 2 aromatic rings. The SMILES string of the molecule is COc1cn(-c2ccc(F)cc2)nc1C(=O)N1CCC2(CC1)OCCO2. The summed E-state index contributed by atoms with van der Waals surface area (Å²) in [5.41, 5.74) is 0.884. The first kappa shape index (κ1) is 17.0. The van der Waals surface area contributed by atoms with Crippen LogP contribution in [0, 0.1) is 5.82 Å². The number of hydrogen-bond donors (Lipinski definition) is 0. The Morgan fingerprint density at radius 2 is 1.85 bits per heavy atom. The molecule has 0 N–H and O–H groups in total. The molecule has 26 heavy (non-hydrogen) atoms. The maximum atomic E-state index is 13.1. The number of carbonyl (C=O) groups is 1. The summed E-state index contributed by atoms with van der Waals surface area (Å²) in [5.74, 6) is -0.680. The molecule has 0 saturated carbocycles. The summed E-state index contributed by atoms with van der Waals surface area (Å²) >= 11 is 0. The number of likely N-dealkylation sites (tertiary alicyclic amines) is 1. The summed E-state index contributed by atoms with van der Waals surface area (Å²) in [4.78, 5) is 14.6. The van der Waals surface area contributed by atoms with Crippen molar-refractivity contribution in [2.75, 3.05) is 33.4 Å². The Morgan fingerprint density at radius 3 is 2.46 bits per heavy atom. The van der Waals surface area contributed by atoms with Gasteiger partial charge >= 0.3 is 0 Å². The summed E-state index contributed by atoms with van der Waals surface area (Å²) < 4.78 is 31.3. The molecule has 1 aromatic carbocycles. The lowest BCUT2D eigenvalue weighted by Crippen LogP contribution is -2.47. The van der Waals surface area contributed by atoms with Gasteiger partial charge in [-0.1, -0.05) is 0 Å². The molecule has 1 spiro atoms. The van der Waals surface area contributed by atoms with Crippen molar-refractivity contribution in [3.8, 4) is 11.4 Å². The highest BCUT2D eigenvalue weighted by Gasteiger charge is 2.41. The Hall–Kier alpha value is -2.45. The van der Waals surface area contributed by atoms with Crippen molar-refractivity contribution in [2.24, 2.45) is 0 Å². The summed E-state index contributed by atoms with van der Waals surface area (Å²) in [7, 11) is 1.49. The minimum atomic E-state index is -0.533. The fraction of sp³-hybridized carbons (Fsp3) is 0.444. The summed E-state index contributed by atoms with van der Waals surface area (Å²) in [6, 6.07) is 5.87. The average Bonchev–Trinajstić information content (AvgIpc) is 3.30. The molecule has 7 nitrogen and oxygen atoms in total. The predicted molar refractivity (Wildman–Crippen MR) is 89.8 cm³/mol. The number of hydrogen-bond acceptors (Lipinski definition) is 5. The second-order valence-electron chi connectivity index (χ2n) is 6.37. The zero-order valence-electron chi connectivity index (χ0n) is 14.5. The van der Waals surface area contributed by atoms with E-state index in [1.54, 1.807) is 23.2 Å². The average molecular weight is 361 g/mol. The summed E-state index contributed by atoms with van der Waals surface area (Å²) in [5, 5.41) is 4.36. The number of halogens is 1. The quantitative estimate of drug-likeness (QED) is 0.837. The number of amides is 1. The van der Waals surface area contributed by atoms with Crippen LogP contribution in [0.15, 0.2) is 30.5 Å². The van der Waals surface area contributed by atoms with Crippen LogP contribution in [0.3, 0.4) is 0 Å². The van der Waals surface area contributed by atoms with Crippen molar-refractivity contribution in [1.29, 1.82) is 0 Å². The van der Waals surface area contributed by atoms with Crippen molar-refractivity contribution in [3.63, 3.8) is 0 Å². The molecule has 8 heteroatoms. The number of ether oxygens (including phenoxy) is 3. The Kier molecular flexibility index (Phi) is 4.37. The van der Waals surface area contributed by atoms with Gasteiger partial charge in [-0.3, -0.25) is 4.79 Å². The monoisotopic (exact) mass is 361 g/mol. The molecule has 2 fully saturated rings. The zero-order valence-corrected chi connectivity index (χ0v) is 14.5. The molecular formula is C18H20FN3O4. The van der Waals surface area contributed by atoms with Gasteiger partial charge in [0.2, 0.25) is 0 Å². The van der Waals surface area contributed by atoms with Gasteiger partial charge in [-0.25, -0.2) is 9.07 Å². The van der Waals surface area contributed by atoms with Gasteiger partial charge in [0.15, 0.2) is 17.2 Å². The Bertz CT molecular complexity index is 789. The van der Waals surface area contributed by atoms with Crippen molar-refractivity contribution in [3.05, 3.63) is 42.0 Å². The van der Waals surface area contributed by atoms with Crippen LogP contribution in [0.5, 0.6) is 5.75 Å². The van der Waals surface area contributed by atoms with Gasteiger partial charge in [0.25, 0.3) is 5.91 Å². The van der Waals surface area contributed by atoms with Crippen LogP contribution in [0.1, 0.15) is 23.3 Å². The number of nitrogens with zero attached hydrogens (tertiary/aromatic N) is 3. The van der Waals surface area contributed by atoms with Gasteiger partial charge in [-0.15, -0.1) is 0 Å². The molecule has 1 amide bonds. The number of aromatic nitrogens is 2. The predicted octanol–water partition coefficient (Wildman–Crippen LogP) is 2.00. The summed E-state index contributed by atoms with van der Waals surface area (Å²) in [6.07, 6.45) is 2.90. The van der Waals surface area contributed by atoms with E-state index in [0.29, 0.717) is 50.6 Å². The van der Waals surface area contributed by atoms with Crippen LogP contribution in [-0.2, 0) is 9.47 Å². The highest BCUT2D eigenvalue weighted by Crippen LogP contribution is 2.32. The van der Waals surface area contributed by atoms with Crippen LogP contribution in [0.2, 0.25) is 0 Å². The lowest BCUT2D eigenvalue weighted by Gasteiger charge is -2.37. The third kappa shape index (κ3) is 3.06. The second kappa shape index (κ2) is 6.69. The zero-order chi connectivity index (χ0) is 18.1. The Morgan fingerprint density at radius 1 is 1.19 bits per heavy atom. The van der Waals surface area contributed by atoms with Gasteiger partial charge in [-0.05, 0) is 24.3 Å². The lowest BCUT2D eigenvalue weighted by atomic mass is 10.0. The Labute approximate surface area is 150 Å². The van der Waals surface area contributed by atoms with E-state index >= 15 is 0 Å². The molecule has 4 rings (SSSR count). The number of rotatable bonds is 3. The van der Waals surface area contributed by atoms with E-state index in [9.17, 15) is 9.18 Å². The van der Waals surface area contributed by atoms with Crippen LogP contribution in [0.25, 0.3) is 5.69 Å².